The number of halogens is 2. The van der Waals surface area contributed by atoms with E-state index in [9.17, 15) is 27.8 Å². The first-order valence-corrected chi connectivity index (χ1v) is 11.2. The van der Waals surface area contributed by atoms with Crippen molar-refractivity contribution in [2.45, 2.75) is 39.0 Å². The maximum absolute atomic E-state index is 15.6. The van der Waals surface area contributed by atoms with Crippen molar-refractivity contribution in [2.75, 3.05) is 6.54 Å². The Morgan fingerprint density at radius 3 is 2.48 bits per heavy atom. The van der Waals surface area contributed by atoms with E-state index in [1.165, 1.54) is 12.1 Å². The van der Waals surface area contributed by atoms with E-state index in [1.807, 2.05) is 0 Å². The van der Waals surface area contributed by atoms with E-state index in [1.54, 1.807) is 20.8 Å². The smallest absolute Gasteiger partial charge is 0.407 e. The molecule has 0 aliphatic heterocycles. The summed E-state index contributed by atoms with van der Waals surface area (Å²) >= 11 is 0. The molecule has 0 radical (unpaired) electrons. The molecule has 9 nitrogen and oxygen atoms in total. The molecule has 0 aliphatic carbocycles. The average molecular weight is 483 g/mol. The Balaban J connectivity index is 2.20. The summed E-state index contributed by atoms with van der Waals surface area (Å²) in [6.45, 7) is 4.37. The topological polar surface area (TPSA) is 126 Å². The molecule has 0 spiro atoms. The van der Waals surface area contributed by atoms with Crippen LogP contribution in [0.25, 0.3) is 11.3 Å². The van der Waals surface area contributed by atoms with E-state index < -0.39 is 62.8 Å². The fourth-order valence-corrected chi connectivity index (χ4v) is 4.59. The van der Waals surface area contributed by atoms with Gasteiger partial charge in [0.1, 0.15) is 18.1 Å². The van der Waals surface area contributed by atoms with Gasteiger partial charge in [0, 0.05) is 24.5 Å². The average Bonchev–Trinajstić information content (AvgIpc) is 3.33. The number of aliphatic hydroxyl groups is 1. The first-order valence-electron chi connectivity index (χ1n) is 9.79. The number of carboxylic acid groups (broad SMARTS) is 1. The third-order valence-corrected chi connectivity index (χ3v) is 6.13. The van der Waals surface area contributed by atoms with Crippen LogP contribution >= 0.6 is 0 Å². The van der Waals surface area contributed by atoms with Gasteiger partial charge in [-0.1, -0.05) is 20.8 Å². The van der Waals surface area contributed by atoms with E-state index in [0.717, 1.165) is 29.4 Å². The zero-order chi connectivity index (χ0) is 24.6. The molecule has 0 aromatic carbocycles. The summed E-state index contributed by atoms with van der Waals surface area (Å²) in [4.78, 5) is 16.1. The monoisotopic (exact) mass is 483 g/mol. The second kappa shape index (κ2) is 8.94. The Morgan fingerprint density at radius 2 is 1.94 bits per heavy atom. The van der Waals surface area contributed by atoms with Crippen LogP contribution in [0.4, 0.5) is 13.6 Å². The van der Waals surface area contributed by atoms with Gasteiger partial charge in [0.05, 0.1) is 12.1 Å². The summed E-state index contributed by atoms with van der Waals surface area (Å²) in [5, 5.41) is 18.1. The van der Waals surface area contributed by atoms with Crippen LogP contribution in [0.1, 0.15) is 32.1 Å². The molecule has 1 amide bonds. The van der Waals surface area contributed by atoms with Crippen molar-refractivity contribution in [1.29, 1.82) is 0 Å². The highest BCUT2D eigenvalue weighted by molar-refractivity contribution is 7.89. The van der Waals surface area contributed by atoms with E-state index >= 15 is 4.39 Å². The quantitative estimate of drug-likeness (QED) is 0.491. The van der Waals surface area contributed by atoms with Gasteiger partial charge in [0.25, 0.3) is 0 Å². The summed E-state index contributed by atoms with van der Waals surface area (Å²) < 4.78 is 62.1. The van der Waals surface area contributed by atoms with Crippen molar-refractivity contribution >= 4 is 16.1 Å². The van der Waals surface area contributed by atoms with Gasteiger partial charge >= 0.3 is 16.1 Å². The van der Waals surface area contributed by atoms with Crippen LogP contribution < -0.4 is 0 Å². The summed E-state index contributed by atoms with van der Waals surface area (Å²) in [7, 11) is -4.58. The van der Waals surface area contributed by atoms with Crippen molar-refractivity contribution in [3.8, 4) is 11.3 Å². The molecular weight excluding hydrogens is 460 g/mol. The predicted molar refractivity (Wildman–Crippen MR) is 113 cm³/mol. The molecule has 0 saturated carbocycles. The minimum atomic E-state index is -4.58. The number of hydrogen-bond acceptors (Lipinski definition) is 6. The maximum atomic E-state index is 15.6. The third-order valence-electron chi connectivity index (χ3n) is 4.60. The van der Waals surface area contributed by atoms with Gasteiger partial charge in [-0.2, -0.15) is 12.8 Å². The van der Waals surface area contributed by atoms with Crippen LogP contribution in [0.3, 0.4) is 0 Å². The van der Waals surface area contributed by atoms with Crippen LogP contribution in [-0.2, 0) is 23.2 Å². The molecule has 0 fully saturated rings. The van der Waals surface area contributed by atoms with Crippen LogP contribution in [0.5, 0.6) is 0 Å². The van der Waals surface area contributed by atoms with Crippen molar-refractivity contribution in [3.05, 3.63) is 59.7 Å². The Kier molecular flexibility index (Phi) is 6.61. The zero-order valence-electron chi connectivity index (χ0n) is 18.1. The van der Waals surface area contributed by atoms with Crippen LogP contribution in [0.2, 0.25) is 0 Å². The fraction of sp³-hybridized carbons (Fsp3) is 0.333. The molecule has 178 valence electrons. The van der Waals surface area contributed by atoms with E-state index in [-0.39, 0.29) is 17.9 Å². The molecule has 0 saturated heterocycles. The number of aromatic nitrogens is 2. The second-order valence-electron chi connectivity index (χ2n) is 8.54. The van der Waals surface area contributed by atoms with Gasteiger partial charge < -0.3 is 19.5 Å². The fourth-order valence-electron chi connectivity index (χ4n) is 3.26. The van der Waals surface area contributed by atoms with Gasteiger partial charge in [-0.05, 0) is 29.7 Å². The highest BCUT2D eigenvalue weighted by Gasteiger charge is 2.32. The minimum Gasteiger partial charge on any atom is -0.465 e. The van der Waals surface area contributed by atoms with Crippen molar-refractivity contribution in [1.82, 2.24) is 13.9 Å². The molecule has 2 N–H and O–H groups in total. The number of nitrogens with zero attached hydrogens (tertiary/aromatic N) is 3. The third kappa shape index (κ3) is 5.06. The molecule has 3 aromatic rings. The molecule has 3 aromatic heterocycles. The number of amides is 1. The Bertz CT molecular complexity index is 1280. The second-order valence-corrected chi connectivity index (χ2v) is 10.3. The van der Waals surface area contributed by atoms with Gasteiger partial charge in [0.2, 0.25) is 11.0 Å². The van der Waals surface area contributed by atoms with Crippen molar-refractivity contribution in [3.63, 3.8) is 0 Å². The number of carbonyl (C=O) groups is 1. The lowest BCUT2D eigenvalue weighted by atomic mass is 9.96. The Morgan fingerprint density at radius 1 is 1.24 bits per heavy atom. The van der Waals surface area contributed by atoms with E-state index in [4.69, 9.17) is 4.42 Å². The molecule has 0 bridgehead atoms. The molecule has 12 heteroatoms. The van der Waals surface area contributed by atoms with Crippen LogP contribution in [-0.4, -0.2) is 45.1 Å². The first-order chi connectivity index (χ1) is 15.3. The number of rotatable bonds is 7. The SMILES string of the molecule is CC(C)(C)CN(Cc1cn(S(=O)(=O)c2ccc(CO)o2)c(-c2cccnc2F)c1F)C(=O)O. The summed E-state index contributed by atoms with van der Waals surface area (Å²) in [6.07, 6.45) is 0.689. The van der Waals surface area contributed by atoms with Gasteiger partial charge in [-0.15, -0.1) is 0 Å². The molecular formula is C21H23F2N3O6S. The van der Waals surface area contributed by atoms with Gasteiger partial charge in [-0.3, -0.25) is 0 Å². The molecule has 3 rings (SSSR count). The lowest BCUT2D eigenvalue weighted by molar-refractivity contribution is 0.122. The Labute approximate surface area is 188 Å². The maximum Gasteiger partial charge on any atom is 0.407 e. The molecule has 3 heterocycles. The predicted octanol–water partition coefficient (Wildman–Crippen LogP) is 3.68. The lowest BCUT2D eigenvalue weighted by Crippen LogP contribution is -2.36. The Hall–Kier alpha value is -3.25. The summed E-state index contributed by atoms with van der Waals surface area (Å²) in [5.41, 5.74) is -1.83. The molecule has 0 unspecified atom stereocenters. The van der Waals surface area contributed by atoms with E-state index in [2.05, 4.69) is 4.98 Å². The highest BCUT2D eigenvalue weighted by Crippen LogP contribution is 2.33. The molecule has 0 atom stereocenters. The number of aliphatic hydroxyl groups excluding tert-OH is 1. The number of furan rings is 1. The lowest BCUT2D eigenvalue weighted by Gasteiger charge is -2.27. The number of pyridine rings is 1. The van der Waals surface area contributed by atoms with Crippen molar-refractivity contribution < 1.29 is 36.6 Å². The number of hydrogen-bond donors (Lipinski definition) is 2. The van der Waals surface area contributed by atoms with Crippen LogP contribution in [0, 0.1) is 17.2 Å². The first kappa shape index (κ1) is 24.4. The molecule has 0 aliphatic rings. The summed E-state index contributed by atoms with van der Waals surface area (Å²) in [6, 6.07) is 4.77. The summed E-state index contributed by atoms with van der Waals surface area (Å²) in [5.74, 6) is -2.27. The molecule has 33 heavy (non-hydrogen) atoms. The highest BCUT2D eigenvalue weighted by atomic mass is 32.2. The van der Waals surface area contributed by atoms with Crippen LogP contribution in [0.15, 0.2) is 46.2 Å². The standard InChI is InChI=1S/C21H23F2N3O6S/c1-21(2,3)12-25(20(28)29)9-13-10-26(33(30,31)16-7-6-14(11-27)32-16)18(17(13)22)15-5-4-8-24-19(15)23/h4-8,10,27H,9,11-12H2,1-3H3,(H,28,29). The zero-order valence-corrected chi connectivity index (χ0v) is 18.9. The largest absolute Gasteiger partial charge is 0.465 e. The van der Waals surface area contributed by atoms with Gasteiger partial charge in [0.15, 0.2) is 5.82 Å². The normalized spacial score (nSPS) is 12.2. The van der Waals surface area contributed by atoms with Crippen molar-refractivity contribution in [2.24, 2.45) is 5.41 Å². The van der Waals surface area contributed by atoms with E-state index in [0.29, 0.717) is 3.97 Å². The minimum absolute atomic E-state index is 0.0360. The van der Waals surface area contributed by atoms with Gasteiger partial charge in [-0.25, -0.2) is 18.1 Å².